The van der Waals surface area contributed by atoms with E-state index in [0.29, 0.717) is 35.8 Å². The molecule has 7 heteroatoms. The summed E-state index contributed by atoms with van der Waals surface area (Å²) >= 11 is 0. The van der Waals surface area contributed by atoms with E-state index in [1.54, 1.807) is 0 Å². The fraction of sp³-hybridized carbons (Fsp3) is 0.714. The number of aliphatic hydroxyl groups excluding tert-OH is 1. The SMILES string of the molecule is CCOc1cc2c(cc1NS(=O)(=O)O)CC[C@@H]1[C@@H]2CC[C@]2(CC)[C@@H](O)CC[C@@H]12. The van der Waals surface area contributed by atoms with Gasteiger partial charge in [-0.1, -0.05) is 6.92 Å². The Bertz CT molecular complexity index is 855. The number of hydrogen-bond acceptors (Lipinski definition) is 4. The normalized spacial score (nSPS) is 34.3. The number of hydrogen-bond donors (Lipinski definition) is 3. The van der Waals surface area contributed by atoms with Gasteiger partial charge >= 0.3 is 10.3 Å². The Kier molecular flexibility index (Phi) is 5.13. The molecule has 5 atom stereocenters. The van der Waals surface area contributed by atoms with E-state index >= 15 is 0 Å². The van der Waals surface area contributed by atoms with Crippen LogP contribution >= 0.6 is 0 Å². The highest BCUT2D eigenvalue weighted by atomic mass is 32.2. The van der Waals surface area contributed by atoms with Gasteiger partial charge in [-0.3, -0.25) is 9.27 Å². The van der Waals surface area contributed by atoms with Crippen molar-refractivity contribution >= 4 is 16.0 Å². The molecule has 0 aromatic heterocycles. The molecular formula is C21H31NO5S. The van der Waals surface area contributed by atoms with E-state index in [1.807, 2.05) is 19.1 Å². The van der Waals surface area contributed by atoms with Crippen molar-refractivity contribution in [1.29, 1.82) is 0 Å². The third kappa shape index (κ3) is 3.21. The molecule has 0 heterocycles. The van der Waals surface area contributed by atoms with Crippen LogP contribution in [0.5, 0.6) is 5.75 Å². The molecule has 28 heavy (non-hydrogen) atoms. The van der Waals surface area contributed by atoms with Crippen LogP contribution in [0.25, 0.3) is 0 Å². The summed E-state index contributed by atoms with van der Waals surface area (Å²) in [7, 11) is -4.36. The molecule has 0 amide bonds. The summed E-state index contributed by atoms with van der Waals surface area (Å²) in [5.74, 6) is 2.02. The minimum Gasteiger partial charge on any atom is -0.492 e. The molecule has 3 aliphatic carbocycles. The number of anilines is 1. The molecule has 0 unspecified atom stereocenters. The monoisotopic (exact) mass is 409 g/mol. The first-order chi connectivity index (χ1) is 13.3. The Morgan fingerprint density at radius 1 is 1.21 bits per heavy atom. The largest absolute Gasteiger partial charge is 0.492 e. The van der Waals surface area contributed by atoms with Crippen molar-refractivity contribution in [2.75, 3.05) is 11.3 Å². The van der Waals surface area contributed by atoms with Crippen LogP contribution in [0, 0.1) is 17.3 Å². The van der Waals surface area contributed by atoms with Gasteiger partial charge in [0.25, 0.3) is 0 Å². The zero-order valence-electron chi connectivity index (χ0n) is 16.6. The maximum atomic E-state index is 11.3. The van der Waals surface area contributed by atoms with Crippen LogP contribution < -0.4 is 9.46 Å². The molecule has 0 radical (unpaired) electrons. The van der Waals surface area contributed by atoms with Crippen LogP contribution in [-0.4, -0.2) is 30.8 Å². The summed E-state index contributed by atoms with van der Waals surface area (Å²) in [4.78, 5) is 0. The standard InChI is InChI=1S/C21H31NO5S/c1-3-21-10-9-14-15(17(21)7-8-20(21)23)6-5-13-11-18(22-28(24,25)26)19(27-4-2)12-16(13)14/h11-12,14-15,17,20,22-23H,3-10H2,1-2H3,(H,24,25,26)/t14-,15+,17-,20-,21-/m0/s1. The lowest BCUT2D eigenvalue weighted by molar-refractivity contribution is -0.0394. The molecule has 0 aliphatic heterocycles. The predicted octanol–water partition coefficient (Wildman–Crippen LogP) is 3.91. The van der Waals surface area contributed by atoms with Crippen LogP contribution in [0.4, 0.5) is 5.69 Å². The Morgan fingerprint density at radius 2 is 2.00 bits per heavy atom. The van der Waals surface area contributed by atoms with Gasteiger partial charge in [0.15, 0.2) is 0 Å². The molecule has 2 fully saturated rings. The van der Waals surface area contributed by atoms with Gasteiger partial charge in [-0.25, -0.2) is 0 Å². The lowest BCUT2D eigenvalue weighted by Crippen LogP contribution is -2.45. The van der Waals surface area contributed by atoms with Gasteiger partial charge in [0, 0.05) is 0 Å². The van der Waals surface area contributed by atoms with Crippen molar-refractivity contribution < 1.29 is 22.8 Å². The van der Waals surface area contributed by atoms with E-state index in [1.165, 1.54) is 5.56 Å². The van der Waals surface area contributed by atoms with Crippen molar-refractivity contribution in [3.63, 3.8) is 0 Å². The minimum absolute atomic E-state index is 0.0773. The molecule has 0 spiro atoms. The van der Waals surface area contributed by atoms with E-state index in [0.717, 1.165) is 50.5 Å². The fourth-order valence-electron chi connectivity index (χ4n) is 6.55. The second-order valence-corrected chi connectivity index (χ2v) is 9.85. The van der Waals surface area contributed by atoms with Gasteiger partial charge in [0.2, 0.25) is 0 Å². The predicted molar refractivity (Wildman–Crippen MR) is 108 cm³/mol. The highest BCUT2D eigenvalue weighted by Crippen LogP contribution is 2.62. The first-order valence-electron chi connectivity index (χ1n) is 10.5. The van der Waals surface area contributed by atoms with Crippen LogP contribution in [0.15, 0.2) is 12.1 Å². The molecule has 1 aromatic rings. The Morgan fingerprint density at radius 3 is 2.68 bits per heavy atom. The first kappa shape index (κ1) is 20.0. The summed E-state index contributed by atoms with van der Waals surface area (Å²) in [5, 5.41) is 10.7. The fourth-order valence-corrected chi connectivity index (χ4v) is 6.99. The summed E-state index contributed by atoms with van der Waals surface area (Å²) in [6.07, 6.45) is 6.93. The summed E-state index contributed by atoms with van der Waals surface area (Å²) < 4.78 is 39.8. The molecule has 6 nitrogen and oxygen atoms in total. The van der Waals surface area contributed by atoms with E-state index in [4.69, 9.17) is 4.74 Å². The molecule has 1 aromatic carbocycles. The molecule has 2 saturated carbocycles. The minimum atomic E-state index is -4.36. The molecule has 0 saturated heterocycles. The van der Waals surface area contributed by atoms with E-state index in [-0.39, 0.29) is 11.5 Å². The second kappa shape index (κ2) is 7.18. The average molecular weight is 410 g/mol. The number of rotatable bonds is 5. The number of aryl methyl sites for hydroxylation is 1. The molecule has 0 bridgehead atoms. The van der Waals surface area contributed by atoms with Crippen molar-refractivity contribution in [3.8, 4) is 5.75 Å². The number of benzene rings is 1. The lowest BCUT2D eigenvalue weighted by atomic mass is 9.54. The van der Waals surface area contributed by atoms with E-state index in [9.17, 15) is 18.1 Å². The van der Waals surface area contributed by atoms with Crippen molar-refractivity contribution in [3.05, 3.63) is 23.3 Å². The van der Waals surface area contributed by atoms with Gasteiger partial charge in [-0.05, 0) is 98.3 Å². The molecule has 156 valence electrons. The first-order valence-corrected chi connectivity index (χ1v) is 12.0. The van der Waals surface area contributed by atoms with Gasteiger partial charge in [-0.15, -0.1) is 0 Å². The Labute approximate surface area is 167 Å². The van der Waals surface area contributed by atoms with Gasteiger partial charge in [0.1, 0.15) is 5.75 Å². The van der Waals surface area contributed by atoms with Gasteiger partial charge < -0.3 is 9.84 Å². The third-order valence-electron chi connectivity index (χ3n) is 7.69. The van der Waals surface area contributed by atoms with Crippen molar-refractivity contribution in [2.45, 2.75) is 70.8 Å². The van der Waals surface area contributed by atoms with Crippen molar-refractivity contribution in [1.82, 2.24) is 0 Å². The van der Waals surface area contributed by atoms with E-state index in [2.05, 4.69) is 11.6 Å². The third-order valence-corrected chi connectivity index (χ3v) is 8.17. The van der Waals surface area contributed by atoms with Crippen LogP contribution in [0.2, 0.25) is 0 Å². The molecule has 3 N–H and O–H groups in total. The van der Waals surface area contributed by atoms with Crippen LogP contribution in [0.1, 0.15) is 69.4 Å². The maximum absolute atomic E-state index is 11.3. The maximum Gasteiger partial charge on any atom is 0.357 e. The summed E-state index contributed by atoms with van der Waals surface area (Å²) in [6.45, 7) is 4.50. The number of ether oxygens (including phenoxy) is 1. The number of nitrogens with one attached hydrogen (secondary N) is 1. The average Bonchev–Trinajstić information content (AvgIpc) is 2.98. The quantitative estimate of drug-likeness (QED) is 0.641. The van der Waals surface area contributed by atoms with Gasteiger partial charge in [0.05, 0.1) is 18.4 Å². The Hall–Kier alpha value is -1.31. The van der Waals surface area contributed by atoms with Crippen LogP contribution in [-0.2, 0) is 16.7 Å². The second-order valence-electron chi connectivity index (χ2n) is 8.69. The number of aliphatic hydroxyl groups is 1. The summed E-state index contributed by atoms with van der Waals surface area (Å²) in [6, 6.07) is 3.81. The highest BCUT2D eigenvalue weighted by Gasteiger charge is 2.56. The van der Waals surface area contributed by atoms with E-state index < -0.39 is 10.3 Å². The topological polar surface area (TPSA) is 95.9 Å². The smallest absolute Gasteiger partial charge is 0.357 e. The summed E-state index contributed by atoms with van der Waals surface area (Å²) in [5.41, 5.74) is 2.77. The number of fused-ring (bicyclic) bond motifs is 5. The zero-order valence-corrected chi connectivity index (χ0v) is 17.5. The van der Waals surface area contributed by atoms with Crippen molar-refractivity contribution in [2.24, 2.45) is 17.3 Å². The molecule has 4 rings (SSSR count). The molecular weight excluding hydrogens is 378 g/mol. The van der Waals surface area contributed by atoms with Gasteiger partial charge in [-0.2, -0.15) is 8.42 Å². The van der Waals surface area contributed by atoms with Crippen LogP contribution in [0.3, 0.4) is 0 Å². The lowest BCUT2D eigenvalue weighted by Gasteiger charge is -2.51. The zero-order chi connectivity index (χ0) is 20.1. The molecule has 3 aliphatic rings. The highest BCUT2D eigenvalue weighted by molar-refractivity contribution is 7.87. The Balaban J connectivity index is 1.71.